The Morgan fingerprint density at radius 1 is 1.03 bits per heavy atom. The normalized spacial score (nSPS) is 14.3. The molecule has 0 N–H and O–H groups in total. The monoisotopic (exact) mass is 560 g/mol. The van der Waals surface area contributed by atoms with Crippen LogP contribution in [-0.2, 0) is 17.9 Å². The molecular weight excluding hydrogens is 540 g/mol. The third-order valence-corrected chi connectivity index (χ3v) is 7.32. The number of fused-ring (bicyclic) bond motifs is 1. The number of hydrogen-bond acceptors (Lipinski definition) is 7. The molecule has 10 heteroatoms. The fourth-order valence-corrected chi connectivity index (χ4v) is 5.38. The number of non-ortho nitro benzene ring substituents is 1. The maximum atomic E-state index is 13.2. The van der Waals surface area contributed by atoms with E-state index in [2.05, 4.69) is 0 Å². The van der Waals surface area contributed by atoms with Gasteiger partial charge in [0.05, 0.1) is 28.5 Å². The summed E-state index contributed by atoms with van der Waals surface area (Å²) in [7, 11) is 1.45. The van der Waals surface area contributed by atoms with Crippen LogP contribution >= 0.6 is 23.4 Å². The van der Waals surface area contributed by atoms with Gasteiger partial charge in [0.2, 0.25) is 0 Å². The van der Waals surface area contributed by atoms with Gasteiger partial charge in [-0.05, 0) is 57.4 Å². The molecule has 0 bridgehead atoms. The molecule has 0 atom stereocenters. The number of thioether (sulfide) groups is 1. The maximum absolute atomic E-state index is 13.2. The molecule has 1 aliphatic heterocycles. The molecule has 1 heterocycles. The average Bonchev–Trinajstić information content (AvgIpc) is 3.19. The minimum atomic E-state index is -0.477. The summed E-state index contributed by atoms with van der Waals surface area (Å²) >= 11 is 7.36. The van der Waals surface area contributed by atoms with Crippen LogP contribution in [0.4, 0.5) is 10.5 Å². The van der Waals surface area contributed by atoms with Crippen molar-refractivity contribution in [2.24, 2.45) is 0 Å². The lowest BCUT2D eigenvalue weighted by Gasteiger charge is -2.14. The summed E-state index contributed by atoms with van der Waals surface area (Å²) in [6.07, 6.45) is 1.59. The largest absolute Gasteiger partial charge is 0.493 e. The Hall–Kier alpha value is -4.34. The second-order valence-electron chi connectivity index (χ2n) is 8.66. The Bertz CT molecular complexity index is 1650. The molecule has 196 valence electrons. The minimum absolute atomic E-state index is 0.0319. The zero-order valence-electron chi connectivity index (χ0n) is 20.6. The molecule has 0 aliphatic carbocycles. The molecule has 2 amide bonds. The minimum Gasteiger partial charge on any atom is -0.493 e. The van der Waals surface area contributed by atoms with Gasteiger partial charge in [-0.3, -0.25) is 24.6 Å². The summed E-state index contributed by atoms with van der Waals surface area (Å²) in [5.41, 5.74) is 1.98. The van der Waals surface area contributed by atoms with E-state index in [0.717, 1.165) is 28.1 Å². The Balaban J connectivity index is 1.36. The van der Waals surface area contributed by atoms with Gasteiger partial charge in [0.25, 0.3) is 16.8 Å². The van der Waals surface area contributed by atoms with E-state index in [1.165, 1.54) is 24.1 Å². The fraction of sp³-hybridized carbons (Fsp3) is 0.103. The molecule has 1 saturated heterocycles. The molecule has 5 rings (SSSR count). The summed E-state index contributed by atoms with van der Waals surface area (Å²) < 4.78 is 11.3. The first-order valence-corrected chi connectivity index (χ1v) is 13.0. The highest BCUT2D eigenvalue weighted by molar-refractivity contribution is 8.18. The topological polar surface area (TPSA) is 99.0 Å². The number of rotatable bonds is 8. The number of methoxy groups -OCH3 is 1. The van der Waals surface area contributed by atoms with E-state index in [4.69, 9.17) is 21.1 Å². The summed E-state index contributed by atoms with van der Waals surface area (Å²) in [5, 5.41) is 12.9. The Morgan fingerprint density at radius 2 is 1.79 bits per heavy atom. The Kier molecular flexibility index (Phi) is 7.53. The summed E-state index contributed by atoms with van der Waals surface area (Å²) in [4.78, 5) is 38.0. The molecule has 8 nitrogen and oxygen atoms in total. The first kappa shape index (κ1) is 26.3. The number of benzene rings is 4. The van der Waals surface area contributed by atoms with Crippen LogP contribution in [-0.4, -0.2) is 28.1 Å². The van der Waals surface area contributed by atoms with Crippen LogP contribution in [0.15, 0.2) is 83.8 Å². The molecule has 0 spiro atoms. The lowest BCUT2D eigenvalue weighted by molar-refractivity contribution is -0.384. The number of nitrogens with zero attached hydrogens (tertiary/aromatic N) is 2. The number of nitro groups is 1. The van der Waals surface area contributed by atoms with Crippen LogP contribution in [0.1, 0.15) is 16.7 Å². The van der Waals surface area contributed by atoms with Crippen molar-refractivity contribution < 1.29 is 24.0 Å². The van der Waals surface area contributed by atoms with Gasteiger partial charge in [-0.25, -0.2) is 0 Å². The summed E-state index contributed by atoms with van der Waals surface area (Å²) in [5.74, 6) is 0.181. The third kappa shape index (κ3) is 5.59. The smallest absolute Gasteiger partial charge is 0.293 e. The molecule has 4 aromatic rings. The van der Waals surface area contributed by atoms with E-state index in [-0.39, 0.29) is 45.7 Å². The summed E-state index contributed by atoms with van der Waals surface area (Å²) in [6.45, 7) is 0.196. The maximum Gasteiger partial charge on any atom is 0.293 e. The van der Waals surface area contributed by atoms with Crippen LogP contribution in [0.25, 0.3) is 16.8 Å². The molecule has 4 aromatic carbocycles. The lowest BCUT2D eigenvalue weighted by atomic mass is 10.0. The molecule has 39 heavy (non-hydrogen) atoms. The second kappa shape index (κ2) is 11.2. The number of nitro benzene ring substituents is 1. The molecule has 0 radical (unpaired) electrons. The third-order valence-electron chi connectivity index (χ3n) is 6.14. The van der Waals surface area contributed by atoms with Crippen LogP contribution in [0.2, 0.25) is 5.02 Å². The molecule has 0 saturated carbocycles. The van der Waals surface area contributed by atoms with E-state index in [1.54, 1.807) is 30.3 Å². The molecule has 0 unspecified atom stereocenters. The van der Waals surface area contributed by atoms with Gasteiger partial charge in [-0.15, -0.1) is 0 Å². The van der Waals surface area contributed by atoms with Crippen molar-refractivity contribution in [2.45, 2.75) is 13.2 Å². The van der Waals surface area contributed by atoms with E-state index in [0.29, 0.717) is 16.9 Å². The van der Waals surface area contributed by atoms with Crippen LogP contribution in [0.3, 0.4) is 0 Å². The molecule has 1 aliphatic rings. The van der Waals surface area contributed by atoms with E-state index < -0.39 is 4.92 Å². The Morgan fingerprint density at radius 3 is 2.59 bits per heavy atom. The second-order valence-corrected chi connectivity index (χ2v) is 10.1. The zero-order valence-corrected chi connectivity index (χ0v) is 22.2. The number of carbonyl (C=O) groups is 2. The standard InChI is InChI=1S/C29H21ClN2O6S/c1-37-25-14-19(13-24(30)27(25)38-17-18-6-4-10-22(12-18)32(35)36)15-26-28(33)31(29(34)39-26)16-21-9-5-8-20-7-2-3-11-23(20)21/h2-15H,16-17H2,1H3/b26-15-. The number of hydrogen-bond donors (Lipinski definition) is 0. The van der Waals surface area contributed by atoms with Gasteiger partial charge in [-0.2, -0.15) is 0 Å². The Labute approximate surface area is 232 Å². The van der Waals surface area contributed by atoms with Gasteiger partial charge < -0.3 is 9.47 Å². The van der Waals surface area contributed by atoms with Gasteiger partial charge in [0.1, 0.15) is 6.61 Å². The van der Waals surface area contributed by atoms with Crippen molar-refractivity contribution in [1.29, 1.82) is 0 Å². The highest BCUT2D eigenvalue weighted by atomic mass is 35.5. The van der Waals surface area contributed by atoms with Crippen molar-refractivity contribution in [3.63, 3.8) is 0 Å². The first-order chi connectivity index (χ1) is 18.8. The predicted octanol–water partition coefficient (Wildman–Crippen LogP) is 7.23. The number of halogens is 1. The van der Waals surface area contributed by atoms with E-state index in [1.807, 2.05) is 42.5 Å². The number of carbonyl (C=O) groups excluding carboxylic acids is 2. The van der Waals surface area contributed by atoms with Crippen LogP contribution in [0.5, 0.6) is 11.5 Å². The van der Waals surface area contributed by atoms with Crippen molar-refractivity contribution in [2.75, 3.05) is 7.11 Å². The van der Waals surface area contributed by atoms with Gasteiger partial charge in [0, 0.05) is 12.1 Å². The zero-order chi connectivity index (χ0) is 27.5. The van der Waals surface area contributed by atoms with Crippen molar-refractivity contribution in [3.8, 4) is 11.5 Å². The van der Waals surface area contributed by atoms with Gasteiger partial charge in [0.15, 0.2) is 11.5 Å². The van der Waals surface area contributed by atoms with E-state index in [9.17, 15) is 19.7 Å². The number of imide groups is 1. The lowest BCUT2D eigenvalue weighted by Crippen LogP contribution is -2.27. The molecular formula is C29H21ClN2O6S. The van der Waals surface area contributed by atoms with Gasteiger partial charge in [-0.1, -0.05) is 66.2 Å². The predicted molar refractivity (Wildman–Crippen MR) is 151 cm³/mol. The first-order valence-electron chi connectivity index (χ1n) is 11.8. The van der Waals surface area contributed by atoms with Crippen molar-refractivity contribution >= 4 is 57.0 Å². The number of amides is 2. The highest BCUT2D eigenvalue weighted by Gasteiger charge is 2.35. The van der Waals surface area contributed by atoms with Gasteiger partial charge >= 0.3 is 0 Å². The SMILES string of the molecule is COc1cc(/C=C2\SC(=O)N(Cc3cccc4ccccc34)C2=O)cc(Cl)c1OCc1cccc([N+](=O)[O-])c1. The van der Waals surface area contributed by atoms with Crippen molar-refractivity contribution in [1.82, 2.24) is 4.90 Å². The van der Waals surface area contributed by atoms with E-state index >= 15 is 0 Å². The summed E-state index contributed by atoms with van der Waals surface area (Å²) in [6, 6.07) is 23.0. The number of ether oxygens (including phenoxy) is 2. The van der Waals surface area contributed by atoms with Crippen LogP contribution in [0, 0.1) is 10.1 Å². The average molecular weight is 561 g/mol. The molecule has 0 aromatic heterocycles. The molecule has 1 fully saturated rings. The van der Waals surface area contributed by atoms with Crippen LogP contribution < -0.4 is 9.47 Å². The van der Waals surface area contributed by atoms with Crippen molar-refractivity contribution in [3.05, 3.63) is 116 Å². The fourth-order valence-electron chi connectivity index (χ4n) is 4.27. The highest BCUT2D eigenvalue weighted by Crippen LogP contribution is 2.40. The quantitative estimate of drug-likeness (QED) is 0.127.